The summed E-state index contributed by atoms with van der Waals surface area (Å²) in [5, 5.41) is 4.89. The molecule has 0 bridgehead atoms. The highest BCUT2D eigenvalue weighted by Crippen LogP contribution is 2.39. The first kappa shape index (κ1) is 31.7. The van der Waals surface area contributed by atoms with E-state index in [0.717, 1.165) is 39.7 Å². The summed E-state index contributed by atoms with van der Waals surface area (Å²) in [6.45, 7) is 4.52. The summed E-state index contributed by atoms with van der Waals surface area (Å²) in [6, 6.07) is 7.89. The molecule has 0 spiro atoms. The zero-order valence-electron chi connectivity index (χ0n) is 23.5. The SMILES string of the molecule is Cc1coc(C)c1CC(=O)NCC1CN(S(=O)(=O)c2ccc(F)cc2)c2cc(NC(=O)OC(C)(C)C(F)(F)F)ccc2O1. The third-order valence-electron chi connectivity index (χ3n) is 6.75. The van der Waals surface area contributed by atoms with E-state index in [2.05, 4.69) is 15.4 Å². The maximum atomic E-state index is 13.7. The fourth-order valence-corrected chi connectivity index (χ4v) is 5.70. The van der Waals surface area contributed by atoms with Gasteiger partial charge in [-0.25, -0.2) is 17.6 Å². The van der Waals surface area contributed by atoms with Crippen LogP contribution in [0.15, 0.2) is 58.0 Å². The number of carbonyl (C=O) groups is 2. The van der Waals surface area contributed by atoms with Crippen LogP contribution in [0.3, 0.4) is 0 Å². The summed E-state index contributed by atoms with van der Waals surface area (Å²) in [7, 11) is -4.34. The van der Waals surface area contributed by atoms with Crippen molar-refractivity contribution in [3.8, 4) is 5.75 Å². The molecule has 1 atom stereocenters. The Morgan fingerprint density at radius 3 is 2.37 bits per heavy atom. The van der Waals surface area contributed by atoms with Gasteiger partial charge < -0.3 is 19.2 Å². The average Bonchev–Trinajstić information content (AvgIpc) is 3.22. The first-order valence-corrected chi connectivity index (χ1v) is 14.4. The summed E-state index contributed by atoms with van der Waals surface area (Å²) < 4.78 is 97.1. The Kier molecular flexibility index (Phi) is 8.67. The third-order valence-corrected chi connectivity index (χ3v) is 8.54. The minimum absolute atomic E-state index is 0.0331. The number of fused-ring (bicyclic) bond motifs is 1. The number of nitrogens with one attached hydrogen (secondary N) is 2. The number of aryl methyl sites for hydroxylation is 2. The van der Waals surface area contributed by atoms with Crippen molar-refractivity contribution in [3.05, 3.63) is 71.4 Å². The number of sulfonamides is 1. The zero-order valence-corrected chi connectivity index (χ0v) is 24.4. The number of benzene rings is 2. The Morgan fingerprint density at radius 1 is 1.09 bits per heavy atom. The van der Waals surface area contributed by atoms with Gasteiger partial charge >= 0.3 is 12.3 Å². The molecule has 1 aliphatic rings. The van der Waals surface area contributed by atoms with Crippen LogP contribution in [-0.4, -0.2) is 51.4 Å². The predicted molar refractivity (Wildman–Crippen MR) is 147 cm³/mol. The van der Waals surface area contributed by atoms with E-state index < -0.39 is 39.8 Å². The molecule has 2 amide bonds. The average molecular weight is 628 g/mol. The van der Waals surface area contributed by atoms with Crippen LogP contribution in [0.4, 0.5) is 33.7 Å². The van der Waals surface area contributed by atoms with Crippen molar-refractivity contribution in [3.63, 3.8) is 0 Å². The molecule has 10 nitrogen and oxygen atoms in total. The van der Waals surface area contributed by atoms with E-state index in [1.165, 1.54) is 24.5 Å². The fraction of sp³-hybridized carbons (Fsp3) is 0.357. The second-order valence-electron chi connectivity index (χ2n) is 10.4. The number of furan rings is 1. The van der Waals surface area contributed by atoms with Crippen LogP contribution in [-0.2, 0) is 26.0 Å². The molecular formula is C28H29F4N3O7S. The zero-order chi connectivity index (χ0) is 31.7. The predicted octanol–water partition coefficient (Wildman–Crippen LogP) is 5.24. The van der Waals surface area contributed by atoms with Crippen molar-refractivity contribution in [1.82, 2.24) is 5.32 Å². The van der Waals surface area contributed by atoms with Crippen molar-refractivity contribution in [2.24, 2.45) is 0 Å². The first-order chi connectivity index (χ1) is 20.0. The number of nitrogens with zero attached hydrogens (tertiary/aromatic N) is 1. The second kappa shape index (κ2) is 11.8. The Balaban J connectivity index is 1.58. The second-order valence-corrected chi connectivity index (χ2v) is 12.2. The number of alkyl halides is 3. The molecule has 0 radical (unpaired) electrons. The van der Waals surface area contributed by atoms with Crippen molar-refractivity contribution in [1.29, 1.82) is 0 Å². The molecule has 0 saturated heterocycles. The molecule has 0 fully saturated rings. The van der Waals surface area contributed by atoms with Crippen LogP contribution < -0.4 is 19.7 Å². The van der Waals surface area contributed by atoms with Crippen molar-refractivity contribution >= 4 is 33.4 Å². The van der Waals surface area contributed by atoms with Gasteiger partial charge in [0.15, 0.2) is 0 Å². The van der Waals surface area contributed by atoms with Gasteiger partial charge in [0.25, 0.3) is 10.0 Å². The molecule has 0 aliphatic carbocycles. The lowest BCUT2D eigenvalue weighted by molar-refractivity contribution is -0.242. The van der Waals surface area contributed by atoms with Crippen LogP contribution in [0.1, 0.15) is 30.7 Å². The molecule has 2 N–H and O–H groups in total. The minimum Gasteiger partial charge on any atom is -0.484 e. The van der Waals surface area contributed by atoms with E-state index in [1.807, 2.05) is 0 Å². The summed E-state index contributed by atoms with van der Waals surface area (Å²) in [5.74, 6) is -0.360. The van der Waals surface area contributed by atoms with Gasteiger partial charge in [0.2, 0.25) is 11.5 Å². The van der Waals surface area contributed by atoms with E-state index in [1.54, 1.807) is 13.8 Å². The molecule has 1 unspecified atom stereocenters. The number of hydrogen-bond donors (Lipinski definition) is 2. The van der Waals surface area contributed by atoms with E-state index in [9.17, 15) is 35.6 Å². The Morgan fingerprint density at radius 2 is 1.77 bits per heavy atom. The fourth-order valence-electron chi connectivity index (χ4n) is 4.20. The molecule has 15 heteroatoms. The number of ether oxygens (including phenoxy) is 2. The number of amides is 2. The van der Waals surface area contributed by atoms with Crippen LogP contribution in [0.25, 0.3) is 0 Å². The molecule has 1 aliphatic heterocycles. The highest BCUT2D eigenvalue weighted by Gasteiger charge is 2.51. The number of carbonyl (C=O) groups excluding carboxylic acids is 2. The lowest BCUT2D eigenvalue weighted by Gasteiger charge is -2.36. The van der Waals surface area contributed by atoms with Crippen LogP contribution in [0.5, 0.6) is 5.75 Å². The molecule has 4 rings (SSSR count). The van der Waals surface area contributed by atoms with E-state index in [-0.39, 0.29) is 47.4 Å². The van der Waals surface area contributed by atoms with Gasteiger partial charge in [-0.1, -0.05) is 0 Å². The summed E-state index contributed by atoms with van der Waals surface area (Å²) >= 11 is 0. The van der Waals surface area contributed by atoms with E-state index in [0.29, 0.717) is 19.6 Å². The van der Waals surface area contributed by atoms with Crippen molar-refractivity contribution < 1.29 is 49.5 Å². The van der Waals surface area contributed by atoms with Gasteiger partial charge in [-0.3, -0.25) is 14.4 Å². The molecule has 1 aromatic heterocycles. The summed E-state index contributed by atoms with van der Waals surface area (Å²) in [6.07, 6.45) is -5.55. The van der Waals surface area contributed by atoms with Crippen molar-refractivity contribution in [2.75, 3.05) is 22.7 Å². The smallest absolute Gasteiger partial charge is 0.427 e. The van der Waals surface area contributed by atoms with Gasteiger partial charge in [0, 0.05) is 11.3 Å². The van der Waals surface area contributed by atoms with Crippen LogP contribution in [0.2, 0.25) is 0 Å². The van der Waals surface area contributed by atoms with E-state index in [4.69, 9.17) is 9.15 Å². The number of hydrogen-bond acceptors (Lipinski definition) is 7. The highest BCUT2D eigenvalue weighted by atomic mass is 32.2. The lowest BCUT2D eigenvalue weighted by atomic mass is 10.1. The summed E-state index contributed by atoms with van der Waals surface area (Å²) in [4.78, 5) is 24.6. The van der Waals surface area contributed by atoms with Gasteiger partial charge in [0.05, 0.1) is 36.4 Å². The number of anilines is 2. The molecule has 2 heterocycles. The molecule has 2 aromatic carbocycles. The lowest BCUT2D eigenvalue weighted by Crippen LogP contribution is -2.48. The maximum absolute atomic E-state index is 13.7. The summed E-state index contributed by atoms with van der Waals surface area (Å²) in [5.41, 5.74) is -1.39. The van der Waals surface area contributed by atoms with Gasteiger partial charge in [-0.15, -0.1) is 0 Å². The Bertz CT molecular complexity index is 1600. The quantitative estimate of drug-likeness (QED) is 0.327. The normalized spacial score (nSPS) is 15.3. The maximum Gasteiger partial charge on any atom is 0.427 e. The molecule has 0 saturated carbocycles. The topological polar surface area (TPSA) is 127 Å². The van der Waals surface area contributed by atoms with Crippen LogP contribution in [0, 0.1) is 19.7 Å². The molecule has 43 heavy (non-hydrogen) atoms. The molecule has 3 aromatic rings. The van der Waals surface area contributed by atoms with Gasteiger partial charge in [0.1, 0.15) is 23.4 Å². The number of halogens is 4. The van der Waals surface area contributed by atoms with Gasteiger partial charge in [-0.05, 0) is 75.7 Å². The van der Waals surface area contributed by atoms with Crippen LogP contribution >= 0.6 is 0 Å². The molecule has 232 valence electrons. The first-order valence-electron chi connectivity index (χ1n) is 12.9. The minimum atomic E-state index is -4.84. The highest BCUT2D eigenvalue weighted by molar-refractivity contribution is 7.92. The van der Waals surface area contributed by atoms with Crippen molar-refractivity contribution in [2.45, 2.75) is 56.9 Å². The third kappa shape index (κ3) is 7.04. The van der Waals surface area contributed by atoms with Gasteiger partial charge in [-0.2, -0.15) is 13.2 Å². The Labute approximate surface area is 245 Å². The number of rotatable bonds is 8. The Hall–Kier alpha value is -4.27. The monoisotopic (exact) mass is 627 g/mol. The molecular weight excluding hydrogens is 598 g/mol. The standard InChI is InChI=1S/C28H29F4N3O7S/c1-16-15-40-17(2)22(16)12-25(36)33-13-20-14-35(43(38,39)21-8-5-18(29)6-9-21)23-11-19(7-10-24(23)41-20)34-26(37)42-27(3,4)28(30,31)32/h5-11,15,20H,12-14H2,1-4H3,(H,33,36)(H,34,37). The van der Waals surface area contributed by atoms with E-state index >= 15 is 0 Å². The largest absolute Gasteiger partial charge is 0.484 e.